The molecule has 9 heteroatoms. The fourth-order valence-electron chi connectivity index (χ4n) is 14.1. The zero-order chi connectivity index (χ0) is 34.0. The Hall–Kier alpha value is -1.58. The van der Waals surface area contributed by atoms with Gasteiger partial charge in [-0.05, 0) is 104 Å². The van der Waals surface area contributed by atoms with E-state index in [9.17, 15) is 14.7 Å². The van der Waals surface area contributed by atoms with Gasteiger partial charge in [0.25, 0.3) is 0 Å². The summed E-state index contributed by atoms with van der Waals surface area (Å²) in [5.74, 6) is 1.77. The van der Waals surface area contributed by atoms with E-state index in [4.69, 9.17) is 14.2 Å². The summed E-state index contributed by atoms with van der Waals surface area (Å²) >= 11 is 0. The third-order valence-electron chi connectivity index (χ3n) is 16.8. The number of carbonyl (C=O) groups excluding carboxylic acids is 2. The highest BCUT2D eigenvalue weighted by Gasteiger charge is 2.84. The molecule has 3 heterocycles. The van der Waals surface area contributed by atoms with Gasteiger partial charge in [-0.25, -0.2) is 9.59 Å². The van der Waals surface area contributed by atoms with Crippen LogP contribution in [0.1, 0.15) is 114 Å². The van der Waals surface area contributed by atoms with E-state index in [0.717, 1.165) is 84.2 Å². The molecule has 2 spiro atoms. The van der Waals surface area contributed by atoms with E-state index in [1.807, 2.05) is 4.90 Å². The summed E-state index contributed by atoms with van der Waals surface area (Å²) in [6.45, 7) is 21.0. The van der Waals surface area contributed by atoms with Crippen molar-refractivity contribution in [2.24, 2.45) is 56.7 Å². The number of carbonyl (C=O) groups is 2. The minimum atomic E-state index is -0.544. The van der Waals surface area contributed by atoms with Crippen molar-refractivity contribution in [2.45, 2.75) is 144 Å². The van der Waals surface area contributed by atoms with E-state index < -0.39 is 6.10 Å². The van der Waals surface area contributed by atoms with Gasteiger partial charge in [-0.15, -0.1) is 0 Å². The number of rotatable bonds is 4. The number of hydrogen-bond donors (Lipinski definition) is 2. The predicted octanol–water partition coefficient (Wildman–Crippen LogP) is 6.71. The molecule has 278 valence electrons. The van der Waals surface area contributed by atoms with Crippen LogP contribution >= 0.6 is 0 Å². The summed E-state index contributed by atoms with van der Waals surface area (Å²) in [7, 11) is 0. The lowest BCUT2D eigenvalue weighted by molar-refractivity contribution is -0.185. The Balaban J connectivity index is 0.00000378. The highest BCUT2D eigenvalue weighted by atomic mass is 16.6. The molecule has 2 N–H and O–H groups in total. The standard InChI is InChI=1S/C39H63N3O6.CH4/c1-23(2)30(48-34(45)41-17-8-18-41)25-21-24(3)29-31(46-25)32(43)37(7)27-10-9-26-35(4,5)28(47-33(44)42-19-15-40-16-20-42)11-12-38(26)22-39(27,38)14-13-36(29,37)6;/h23-32,40,43H,8-22H2,1-7H3;1H4/t24-,25?,26+,27?,28?,29+,30-,31?,32+,36-,37-,38-,39+;/m1./s1. The first-order chi connectivity index (χ1) is 22.7. The smallest absolute Gasteiger partial charge is 0.410 e. The second-order valence-corrected chi connectivity index (χ2v) is 19.1. The normalized spacial score (nSPS) is 48.3. The Morgan fingerprint density at radius 3 is 2.20 bits per heavy atom. The van der Waals surface area contributed by atoms with Crippen LogP contribution in [-0.4, -0.2) is 96.9 Å². The van der Waals surface area contributed by atoms with Gasteiger partial charge in [0.1, 0.15) is 12.2 Å². The fourth-order valence-corrected chi connectivity index (χ4v) is 14.1. The van der Waals surface area contributed by atoms with Gasteiger partial charge in [0, 0.05) is 50.1 Å². The summed E-state index contributed by atoms with van der Waals surface area (Å²) in [5, 5.41) is 16.0. The van der Waals surface area contributed by atoms with Crippen LogP contribution < -0.4 is 5.32 Å². The molecule has 0 aromatic rings. The molecular weight excluding hydrogens is 618 g/mol. The molecule has 49 heavy (non-hydrogen) atoms. The predicted molar refractivity (Wildman–Crippen MR) is 189 cm³/mol. The topological polar surface area (TPSA) is 101 Å². The Bertz CT molecular complexity index is 1300. The Morgan fingerprint density at radius 2 is 1.55 bits per heavy atom. The average molecular weight is 686 g/mol. The fraction of sp³-hybridized carbons (Fsp3) is 0.950. The number of nitrogens with zero attached hydrogens (tertiary/aromatic N) is 2. The molecule has 2 amide bonds. The molecule has 8 fully saturated rings. The molecular formula is C40H67N3O6. The second-order valence-electron chi connectivity index (χ2n) is 19.1. The number of amides is 2. The number of aliphatic hydroxyl groups excluding tert-OH is 1. The van der Waals surface area contributed by atoms with Crippen molar-refractivity contribution in [3.05, 3.63) is 0 Å². The van der Waals surface area contributed by atoms with Gasteiger partial charge < -0.3 is 34.4 Å². The zero-order valence-corrected chi connectivity index (χ0v) is 30.8. The van der Waals surface area contributed by atoms with Gasteiger partial charge in [0.2, 0.25) is 0 Å². The second kappa shape index (κ2) is 12.0. The van der Waals surface area contributed by atoms with Gasteiger partial charge in [0.05, 0.1) is 18.3 Å². The monoisotopic (exact) mass is 686 g/mol. The van der Waals surface area contributed by atoms with Crippen molar-refractivity contribution in [1.82, 2.24) is 15.1 Å². The molecule has 8 rings (SSSR count). The van der Waals surface area contributed by atoms with E-state index in [0.29, 0.717) is 17.8 Å². The molecule has 5 aliphatic carbocycles. The first kappa shape index (κ1) is 35.8. The summed E-state index contributed by atoms with van der Waals surface area (Å²) in [6, 6.07) is 0. The molecule has 0 bridgehead atoms. The van der Waals surface area contributed by atoms with Gasteiger partial charge >= 0.3 is 12.2 Å². The number of likely N-dealkylation sites (tertiary alicyclic amines) is 1. The van der Waals surface area contributed by atoms with Crippen molar-refractivity contribution < 1.29 is 28.9 Å². The Morgan fingerprint density at radius 1 is 0.898 bits per heavy atom. The van der Waals surface area contributed by atoms with Crippen molar-refractivity contribution in [1.29, 1.82) is 0 Å². The van der Waals surface area contributed by atoms with Crippen molar-refractivity contribution >= 4 is 12.2 Å². The van der Waals surface area contributed by atoms with Crippen molar-refractivity contribution in [3.63, 3.8) is 0 Å². The largest absolute Gasteiger partial charge is 0.446 e. The molecule has 3 saturated heterocycles. The van der Waals surface area contributed by atoms with E-state index in [1.54, 1.807) is 4.90 Å². The van der Waals surface area contributed by atoms with E-state index in [-0.39, 0.29) is 82.9 Å². The summed E-state index contributed by atoms with van der Waals surface area (Å²) in [6.07, 6.45) is 8.13. The van der Waals surface area contributed by atoms with Crippen LogP contribution in [0.3, 0.4) is 0 Å². The molecule has 0 aromatic heterocycles. The Labute approximate surface area is 295 Å². The number of fused-ring (bicyclic) bond motifs is 4. The Kier molecular flexibility index (Phi) is 8.75. The van der Waals surface area contributed by atoms with Crippen LogP contribution in [0, 0.1) is 56.7 Å². The molecule has 4 unspecified atom stereocenters. The minimum absolute atomic E-state index is 0. The molecule has 13 atom stereocenters. The first-order valence-electron chi connectivity index (χ1n) is 19.7. The molecule has 0 aromatic carbocycles. The SMILES string of the molecule is C.CC(C)[C@@H](OC(=O)N1CCC1)C1C[C@@H](C)[C@H]2C(O1)[C@H](O)[C@@]1(C)C3CC[C@H]4C(C)(C)C(OC(=O)N5CCNCC5)CC[C@@]45C[C@@]35CC[C@]21C. The zero-order valence-electron chi connectivity index (χ0n) is 30.8. The first-order valence-corrected chi connectivity index (χ1v) is 19.7. The minimum Gasteiger partial charge on any atom is -0.446 e. The summed E-state index contributed by atoms with van der Waals surface area (Å²) < 4.78 is 19.5. The third kappa shape index (κ3) is 4.78. The number of ether oxygens (including phenoxy) is 3. The maximum atomic E-state index is 13.2. The highest BCUT2D eigenvalue weighted by molar-refractivity contribution is 5.69. The van der Waals surface area contributed by atoms with Crippen LogP contribution in [0.2, 0.25) is 0 Å². The van der Waals surface area contributed by atoms with Crippen LogP contribution in [0.4, 0.5) is 9.59 Å². The maximum Gasteiger partial charge on any atom is 0.410 e. The van der Waals surface area contributed by atoms with Crippen LogP contribution in [0.25, 0.3) is 0 Å². The van der Waals surface area contributed by atoms with Crippen LogP contribution in [0.5, 0.6) is 0 Å². The van der Waals surface area contributed by atoms with E-state index >= 15 is 0 Å². The highest BCUT2D eigenvalue weighted by Crippen LogP contribution is 2.89. The third-order valence-corrected chi connectivity index (χ3v) is 16.8. The quantitative estimate of drug-likeness (QED) is 0.339. The van der Waals surface area contributed by atoms with E-state index in [2.05, 4.69) is 53.8 Å². The number of piperazine rings is 1. The van der Waals surface area contributed by atoms with Gasteiger partial charge in [-0.2, -0.15) is 0 Å². The average Bonchev–Trinajstić information content (AvgIpc) is 3.65. The lowest BCUT2D eigenvalue weighted by atomic mass is 9.41. The molecule has 5 saturated carbocycles. The maximum absolute atomic E-state index is 13.2. The number of hydrogen-bond acceptors (Lipinski definition) is 7. The molecule has 0 radical (unpaired) electrons. The summed E-state index contributed by atoms with van der Waals surface area (Å²) in [5.41, 5.74) is 0.193. The molecule has 8 aliphatic rings. The molecule has 3 aliphatic heterocycles. The van der Waals surface area contributed by atoms with Gasteiger partial charge in [-0.1, -0.05) is 55.9 Å². The lowest BCUT2D eigenvalue weighted by Crippen LogP contribution is -2.60. The van der Waals surface area contributed by atoms with Crippen LogP contribution in [0.15, 0.2) is 0 Å². The van der Waals surface area contributed by atoms with E-state index in [1.165, 1.54) is 12.8 Å². The lowest BCUT2D eigenvalue weighted by Gasteiger charge is -2.63. The van der Waals surface area contributed by atoms with Crippen molar-refractivity contribution in [2.75, 3.05) is 39.3 Å². The van der Waals surface area contributed by atoms with Gasteiger partial charge in [-0.3, -0.25) is 0 Å². The number of aliphatic hydroxyl groups is 1. The van der Waals surface area contributed by atoms with Crippen molar-refractivity contribution in [3.8, 4) is 0 Å². The molecule has 9 nitrogen and oxygen atoms in total. The summed E-state index contributed by atoms with van der Waals surface area (Å²) in [4.78, 5) is 29.8. The number of nitrogens with one attached hydrogen (secondary N) is 1. The van der Waals surface area contributed by atoms with Gasteiger partial charge in [0.15, 0.2) is 0 Å². The van der Waals surface area contributed by atoms with Crippen LogP contribution in [-0.2, 0) is 14.2 Å².